The molecular weight excluding hydrogens is 141 g/mol. The summed E-state index contributed by atoms with van der Waals surface area (Å²) in [6, 6.07) is 0. The molecule has 38 valence electrons. The minimum absolute atomic E-state index is 0.384. The fourth-order valence-electron chi connectivity index (χ4n) is 0.866. The van der Waals surface area contributed by atoms with E-state index < -0.39 is 0 Å². The topological polar surface area (TPSA) is 0 Å². The molecule has 2 rings (SSSR count). The Hall–Kier alpha value is 0.770. The number of rotatable bonds is 1. The molecule has 2 aliphatic heterocycles. The summed E-state index contributed by atoms with van der Waals surface area (Å²) in [6.07, 6.45) is 5.54. The van der Waals surface area contributed by atoms with Crippen molar-refractivity contribution in [3.05, 3.63) is 0 Å². The monoisotopic (exact) mass is 148 g/mol. The molecule has 0 aliphatic carbocycles. The number of hydrogen-bond acceptors (Lipinski definition) is 0. The van der Waals surface area contributed by atoms with Crippen molar-refractivity contribution in [2.75, 3.05) is 0 Å². The van der Waals surface area contributed by atoms with E-state index in [0.29, 0.717) is 13.3 Å². The van der Waals surface area contributed by atoms with Gasteiger partial charge in [0.2, 0.25) is 0 Å². The van der Waals surface area contributed by atoms with Gasteiger partial charge in [0.15, 0.2) is 0 Å². The van der Waals surface area contributed by atoms with Crippen LogP contribution < -0.4 is 0 Å². The Labute approximate surface area is 46.2 Å². The Morgan fingerprint density at radius 1 is 1.86 bits per heavy atom. The lowest BCUT2D eigenvalue weighted by Crippen LogP contribution is -1.79. The zero-order chi connectivity index (χ0) is 5.07. The zero-order valence-electron chi connectivity index (χ0n) is 4.26. The van der Waals surface area contributed by atoms with E-state index in [9.17, 15) is 0 Å². The summed E-state index contributed by atoms with van der Waals surface area (Å²) >= 11 is 0. The second-order valence-electron chi connectivity index (χ2n) is 1.92. The second kappa shape index (κ2) is 1.03. The van der Waals surface area contributed by atoms with E-state index in [1.165, 1.54) is 6.42 Å². The molecule has 0 saturated carbocycles. The SMILES string of the molecule is C=P1=P2=PC12CC. The highest BCUT2D eigenvalue weighted by Gasteiger charge is 2.52. The summed E-state index contributed by atoms with van der Waals surface area (Å²) in [6.45, 7) is 3.27. The van der Waals surface area contributed by atoms with Gasteiger partial charge in [-0.3, -0.25) is 0 Å². The van der Waals surface area contributed by atoms with Gasteiger partial charge in [-0.05, 0) is 14.3 Å². The van der Waals surface area contributed by atoms with Crippen LogP contribution in [0.5, 0.6) is 0 Å². The van der Waals surface area contributed by atoms with Crippen molar-refractivity contribution in [1.82, 2.24) is 0 Å². The maximum absolute atomic E-state index is 4.11. The van der Waals surface area contributed by atoms with Crippen LogP contribution >= 0.6 is 21.2 Å². The average Bonchev–Trinajstić information content (AvgIpc) is 2.49. The molecule has 0 radical (unpaired) electrons. The smallest absolute Gasteiger partial charge is 0.0817 e. The third-order valence-corrected chi connectivity index (χ3v) is 17.0. The third kappa shape index (κ3) is 0.357. The molecule has 2 heterocycles. The van der Waals surface area contributed by atoms with Gasteiger partial charge in [-0.25, -0.2) is 0 Å². The van der Waals surface area contributed by atoms with E-state index >= 15 is 0 Å². The first-order chi connectivity index (χ1) is 3.31. The van der Waals surface area contributed by atoms with Crippen LogP contribution in [0.15, 0.2) is 0 Å². The van der Waals surface area contributed by atoms with Crippen molar-refractivity contribution in [2.45, 2.75) is 18.0 Å². The summed E-state index contributed by atoms with van der Waals surface area (Å²) in [4.78, 5) is 0. The van der Waals surface area contributed by atoms with Crippen LogP contribution in [-0.2, 0) is 0 Å². The number of hydrogen-bond donors (Lipinski definition) is 0. The predicted molar refractivity (Wildman–Crippen MR) is 40.9 cm³/mol. The molecule has 0 fully saturated rings. The van der Waals surface area contributed by atoms with Gasteiger partial charge in [0.25, 0.3) is 0 Å². The van der Waals surface area contributed by atoms with Gasteiger partial charge in [0.1, 0.15) is 4.64 Å². The highest BCUT2D eigenvalue weighted by Crippen LogP contribution is 2.97. The largest absolute Gasteiger partial charge is 0.102 e. The number of fused-ring (bicyclic) bond motifs is 1. The van der Waals surface area contributed by atoms with Crippen molar-refractivity contribution in [2.24, 2.45) is 0 Å². The lowest BCUT2D eigenvalue weighted by Gasteiger charge is -1.88. The van der Waals surface area contributed by atoms with Crippen molar-refractivity contribution < 1.29 is 0 Å². The highest BCUT2D eigenvalue weighted by atomic mass is 32.1. The minimum atomic E-state index is 0.384. The lowest BCUT2D eigenvalue weighted by molar-refractivity contribution is 1.03. The van der Waals surface area contributed by atoms with Gasteiger partial charge < -0.3 is 0 Å². The molecule has 0 saturated heterocycles. The first-order valence-corrected chi connectivity index (χ1v) is 7.62. The first-order valence-electron chi connectivity index (χ1n) is 2.45. The highest BCUT2D eigenvalue weighted by molar-refractivity contribution is 8.49. The maximum atomic E-state index is 4.11. The molecule has 0 amide bonds. The Bertz CT molecular complexity index is 242. The third-order valence-electron chi connectivity index (χ3n) is 1.61. The van der Waals surface area contributed by atoms with Crippen molar-refractivity contribution in [1.29, 1.82) is 0 Å². The van der Waals surface area contributed by atoms with E-state index in [1.54, 1.807) is 7.87 Å². The fraction of sp³-hybridized carbons (Fsp3) is 0.750. The van der Waals surface area contributed by atoms with Gasteiger partial charge in [0, 0.05) is 0 Å². The van der Waals surface area contributed by atoms with Gasteiger partial charge in [-0.1, -0.05) is 26.6 Å². The molecule has 3 unspecified atom stereocenters. The molecule has 0 nitrogen and oxygen atoms in total. The molecule has 0 spiro atoms. The van der Waals surface area contributed by atoms with Crippen molar-refractivity contribution in [3.63, 3.8) is 0 Å². The van der Waals surface area contributed by atoms with E-state index in [-0.39, 0.29) is 0 Å². The van der Waals surface area contributed by atoms with Crippen LogP contribution in [0.25, 0.3) is 0 Å². The van der Waals surface area contributed by atoms with Crippen molar-refractivity contribution >= 4 is 27.5 Å². The van der Waals surface area contributed by atoms with Crippen LogP contribution in [-0.4, -0.2) is 10.9 Å². The van der Waals surface area contributed by atoms with E-state index in [1.807, 2.05) is 0 Å². The van der Waals surface area contributed by atoms with E-state index in [0.717, 1.165) is 4.64 Å². The van der Waals surface area contributed by atoms with Gasteiger partial charge in [-0.2, -0.15) is 0 Å². The molecule has 0 N–H and O–H groups in total. The molecule has 3 atom stereocenters. The Kier molecular flexibility index (Phi) is 0.683. The maximum Gasteiger partial charge on any atom is 0.102 e. The van der Waals surface area contributed by atoms with Crippen LogP contribution in [0, 0.1) is 0 Å². The normalized spacial score (nSPS) is 55.0. The standard InChI is InChI=1S/C4H7P3/c1-3-4-5-7(4)6(4)2/h2-3H2,1H3. The van der Waals surface area contributed by atoms with Crippen LogP contribution in [0.3, 0.4) is 0 Å². The Morgan fingerprint density at radius 2 is 2.43 bits per heavy atom. The first kappa shape index (κ1) is 4.63. The van der Waals surface area contributed by atoms with Crippen LogP contribution in [0.1, 0.15) is 13.3 Å². The average molecular weight is 148 g/mol. The molecule has 7 heavy (non-hydrogen) atoms. The molecule has 0 aromatic rings. The van der Waals surface area contributed by atoms with Gasteiger partial charge in [0.05, 0.1) is 0 Å². The van der Waals surface area contributed by atoms with Crippen LogP contribution in [0.2, 0.25) is 0 Å². The minimum Gasteiger partial charge on any atom is -0.0817 e. The quantitative estimate of drug-likeness (QED) is 0.500. The van der Waals surface area contributed by atoms with Crippen LogP contribution in [0.4, 0.5) is 0 Å². The summed E-state index contributed by atoms with van der Waals surface area (Å²) in [5.41, 5.74) is 0. The summed E-state index contributed by atoms with van der Waals surface area (Å²) in [5.74, 6) is 0. The molecule has 0 aromatic carbocycles. The van der Waals surface area contributed by atoms with E-state index in [4.69, 9.17) is 0 Å². The predicted octanol–water partition coefficient (Wildman–Crippen LogP) is 3.25. The van der Waals surface area contributed by atoms with E-state index in [2.05, 4.69) is 13.2 Å². The zero-order valence-corrected chi connectivity index (χ0v) is 6.94. The molecule has 3 heteroatoms. The molecule has 2 aliphatic rings. The fourth-order valence-corrected chi connectivity index (χ4v) is 15.6. The Morgan fingerprint density at radius 3 is 2.43 bits per heavy atom. The van der Waals surface area contributed by atoms with Gasteiger partial charge >= 0.3 is 0 Å². The molecule has 0 bridgehead atoms. The molecule has 0 aromatic heterocycles. The second-order valence-corrected chi connectivity index (χ2v) is 12.2. The summed E-state index contributed by atoms with van der Waals surface area (Å²) in [7, 11) is 1.80. The van der Waals surface area contributed by atoms with Crippen molar-refractivity contribution in [3.8, 4) is 0 Å². The van der Waals surface area contributed by atoms with Gasteiger partial charge in [-0.15, -0.1) is 0 Å². The lowest BCUT2D eigenvalue weighted by atomic mass is 10.6. The summed E-state index contributed by atoms with van der Waals surface area (Å²) in [5, 5.41) is 0. The summed E-state index contributed by atoms with van der Waals surface area (Å²) < 4.78 is 0.907. The Balaban J connectivity index is 2.46. The molecular formula is C4H7P3.